The average Bonchev–Trinajstić information content (AvgIpc) is 2.35. The van der Waals surface area contributed by atoms with E-state index in [-0.39, 0.29) is 5.41 Å². The van der Waals surface area contributed by atoms with Gasteiger partial charge in [0.15, 0.2) is 0 Å². The fourth-order valence-electron chi connectivity index (χ4n) is 2.19. The maximum absolute atomic E-state index is 5.80. The molecule has 2 aromatic rings. The van der Waals surface area contributed by atoms with E-state index in [2.05, 4.69) is 36.8 Å². The standard InChI is InChI=1S/C16H21N3O/c1-10-18-13(9-15(17)19-10)11-6-7-14(20-5)12(8-11)16(2,3)4/h6-9H,1-5H3,(H2,17,18,19). The first-order valence-corrected chi connectivity index (χ1v) is 6.61. The minimum Gasteiger partial charge on any atom is -0.496 e. The van der Waals surface area contributed by atoms with E-state index in [1.165, 1.54) is 0 Å². The summed E-state index contributed by atoms with van der Waals surface area (Å²) >= 11 is 0. The smallest absolute Gasteiger partial charge is 0.128 e. The van der Waals surface area contributed by atoms with Crippen LogP contribution in [0.2, 0.25) is 0 Å². The monoisotopic (exact) mass is 271 g/mol. The van der Waals surface area contributed by atoms with E-state index in [0.29, 0.717) is 11.6 Å². The number of aryl methyl sites for hydroxylation is 1. The molecule has 4 nitrogen and oxygen atoms in total. The van der Waals surface area contributed by atoms with Crippen LogP contribution in [0.4, 0.5) is 5.82 Å². The summed E-state index contributed by atoms with van der Waals surface area (Å²) in [5.41, 5.74) is 8.80. The molecule has 0 aliphatic heterocycles. The summed E-state index contributed by atoms with van der Waals surface area (Å²) in [5.74, 6) is 2.05. The molecule has 4 heteroatoms. The number of aromatic nitrogens is 2. The number of nitrogens with zero attached hydrogens (tertiary/aromatic N) is 2. The van der Waals surface area contributed by atoms with Crippen molar-refractivity contribution in [2.75, 3.05) is 12.8 Å². The summed E-state index contributed by atoms with van der Waals surface area (Å²) in [7, 11) is 1.69. The molecule has 0 saturated carbocycles. The SMILES string of the molecule is COc1ccc(-c2cc(N)nc(C)n2)cc1C(C)(C)C. The highest BCUT2D eigenvalue weighted by atomic mass is 16.5. The minimum absolute atomic E-state index is 0.00499. The van der Waals surface area contributed by atoms with E-state index in [1.807, 2.05) is 19.1 Å². The molecule has 0 atom stereocenters. The van der Waals surface area contributed by atoms with Crippen LogP contribution in [0.3, 0.4) is 0 Å². The van der Waals surface area contributed by atoms with Gasteiger partial charge < -0.3 is 10.5 Å². The topological polar surface area (TPSA) is 61.0 Å². The van der Waals surface area contributed by atoms with Crippen molar-refractivity contribution in [3.63, 3.8) is 0 Å². The summed E-state index contributed by atoms with van der Waals surface area (Å²) in [6.07, 6.45) is 0. The summed E-state index contributed by atoms with van der Waals surface area (Å²) in [4.78, 5) is 8.56. The molecular weight excluding hydrogens is 250 g/mol. The first-order chi connectivity index (χ1) is 9.31. The molecular formula is C16H21N3O. The lowest BCUT2D eigenvalue weighted by Gasteiger charge is -2.23. The van der Waals surface area contributed by atoms with Gasteiger partial charge in [0.05, 0.1) is 12.8 Å². The van der Waals surface area contributed by atoms with Crippen LogP contribution >= 0.6 is 0 Å². The van der Waals surface area contributed by atoms with Crippen LogP contribution in [0.5, 0.6) is 5.75 Å². The molecule has 0 amide bonds. The number of rotatable bonds is 2. The quantitative estimate of drug-likeness (QED) is 0.910. The summed E-state index contributed by atoms with van der Waals surface area (Å²) in [6.45, 7) is 8.32. The zero-order chi connectivity index (χ0) is 14.9. The van der Waals surface area contributed by atoms with Crippen molar-refractivity contribution in [3.8, 4) is 17.0 Å². The van der Waals surface area contributed by atoms with E-state index in [9.17, 15) is 0 Å². The van der Waals surface area contributed by atoms with Gasteiger partial charge in [-0.1, -0.05) is 20.8 Å². The highest BCUT2D eigenvalue weighted by Crippen LogP contribution is 2.34. The van der Waals surface area contributed by atoms with Gasteiger partial charge in [-0.25, -0.2) is 9.97 Å². The number of benzene rings is 1. The maximum atomic E-state index is 5.80. The average molecular weight is 271 g/mol. The lowest BCUT2D eigenvalue weighted by atomic mass is 9.85. The molecule has 0 fully saturated rings. The van der Waals surface area contributed by atoms with Crippen LogP contribution in [0, 0.1) is 6.92 Å². The van der Waals surface area contributed by atoms with Gasteiger partial charge in [0.2, 0.25) is 0 Å². The van der Waals surface area contributed by atoms with Gasteiger partial charge in [0, 0.05) is 17.2 Å². The molecule has 20 heavy (non-hydrogen) atoms. The molecule has 0 aliphatic carbocycles. The van der Waals surface area contributed by atoms with Crippen LogP contribution in [-0.2, 0) is 5.41 Å². The molecule has 0 saturated heterocycles. The number of anilines is 1. The van der Waals surface area contributed by atoms with E-state index in [0.717, 1.165) is 22.6 Å². The number of hydrogen-bond donors (Lipinski definition) is 1. The number of hydrogen-bond acceptors (Lipinski definition) is 4. The van der Waals surface area contributed by atoms with Crippen molar-refractivity contribution in [2.45, 2.75) is 33.1 Å². The van der Waals surface area contributed by atoms with Gasteiger partial charge in [0.25, 0.3) is 0 Å². The predicted octanol–water partition coefficient (Wildman–Crippen LogP) is 3.34. The van der Waals surface area contributed by atoms with Crippen molar-refractivity contribution in [3.05, 3.63) is 35.7 Å². The molecule has 0 spiro atoms. The van der Waals surface area contributed by atoms with E-state index >= 15 is 0 Å². The second-order valence-corrected chi connectivity index (χ2v) is 5.89. The highest BCUT2D eigenvalue weighted by Gasteiger charge is 2.20. The number of methoxy groups -OCH3 is 1. The Morgan fingerprint density at radius 3 is 2.35 bits per heavy atom. The van der Waals surface area contributed by atoms with Crippen LogP contribution in [0.15, 0.2) is 24.3 Å². The molecule has 0 bridgehead atoms. The third kappa shape index (κ3) is 2.90. The van der Waals surface area contributed by atoms with Gasteiger partial charge >= 0.3 is 0 Å². The van der Waals surface area contributed by atoms with Gasteiger partial charge in [-0.05, 0) is 30.5 Å². The number of ether oxygens (including phenoxy) is 1. The largest absolute Gasteiger partial charge is 0.496 e. The molecule has 0 unspecified atom stereocenters. The molecule has 0 radical (unpaired) electrons. The fourth-order valence-corrected chi connectivity index (χ4v) is 2.19. The first-order valence-electron chi connectivity index (χ1n) is 6.61. The Bertz CT molecular complexity index is 610. The lowest BCUT2D eigenvalue weighted by Crippen LogP contribution is -2.13. The van der Waals surface area contributed by atoms with Gasteiger partial charge in [0.1, 0.15) is 17.4 Å². The second-order valence-electron chi connectivity index (χ2n) is 5.89. The Labute approximate surface area is 120 Å². The molecule has 2 rings (SSSR count). The minimum atomic E-state index is -0.00499. The Morgan fingerprint density at radius 2 is 1.80 bits per heavy atom. The van der Waals surface area contributed by atoms with Crippen molar-refractivity contribution < 1.29 is 4.74 Å². The van der Waals surface area contributed by atoms with Crippen LogP contribution in [-0.4, -0.2) is 17.1 Å². The second kappa shape index (κ2) is 5.12. The molecule has 106 valence electrons. The Kier molecular flexibility index (Phi) is 3.66. The van der Waals surface area contributed by atoms with Crippen molar-refractivity contribution in [1.82, 2.24) is 9.97 Å². The molecule has 2 N–H and O–H groups in total. The Morgan fingerprint density at radius 1 is 1.10 bits per heavy atom. The summed E-state index contributed by atoms with van der Waals surface area (Å²) in [6, 6.07) is 7.88. The van der Waals surface area contributed by atoms with E-state index < -0.39 is 0 Å². The molecule has 0 aliphatic rings. The first kappa shape index (κ1) is 14.3. The Balaban J connectivity index is 2.58. The zero-order valence-corrected chi connectivity index (χ0v) is 12.7. The third-order valence-electron chi connectivity index (χ3n) is 3.16. The van der Waals surface area contributed by atoms with Crippen molar-refractivity contribution in [1.29, 1.82) is 0 Å². The molecule has 1 heterocycles. The van der Waals surface area contributed by atoms with Crippen molar-refractivity contribution >= 4 is 5.82 Å². The van der Waals surface area contributed by atoms with Crippen LogP contribution < -0.4 is 10.5 Å². The normalized spacial score (nSPS) is 11.4. The lowest BCUT2D eigenvalue weighted by molar-refractivity contribution is 0.397. The van der Waals surface area contributed by atoms with Gasteiger partial charge in [-0.15, -0.1) is 0 Å². The highest BCUT2D eigenvalue weighted by molar-refractivity contribution is 5.65. The van der Waals surface area contributed by atoms with Crippen LogP contribution in [0.25, 0.3) is 11.3 Å². The van der Waals surface area contributed by atoms with Gasteiger partial charge in [-0.3, -0.25) is 0 Å². The number of nitrogens with two attached hydrogens (primary N) is 1. The van der Waals surface area contributed by atoms with E-state index in [1.54, 1.807) is 13.2 Å². The van der Waals surface area contributed by atoms with Crippen LogP contribution in [0.1, 0.15) is 32.2 Å². The van der Waals surface area contributed by atoms with Crippen molar-refractivity contribution in [2.24, 2.45) is 0 Å². The predicted molar refractivity (Wildman–Crippen MR) is 81.9 cm³/mol. The third-order valence-corrected chi connectivity index (χ3v) is 3.16. The zero-order valence-electron chi connectivity index (χ0n) is 12.7. The van der Waals surface area contributed by atoms with Gasteiger partial charge in [-0.2, -0.15) is 0 Å². The summed E-state index contributed by atoms with van der Waals surface area (Å²) in [5, 5.41) is 0. The van der Waals surface area contributed by atoms with E-state index in [4.69, 9.17) is 10.5 Å². The molecule has 1 aromatic heterocycles. The summed E-state index contributed by atoms with van der Waals surface area (Å²) < 4.78 is 5.45. The molecule has 1 aromatic carbocycles. The fraction of sp³-hybridized carbons (Fsp3) is 0.375. The Hall–Kier alpha value is -2.10. The maximum Gasteiger partial charge on any atom is 0.128 e. The number of nitrogen functional groups attached to an aromatic ring is 1.